The van der Waals surface area contributed by atoms with Crippen LogP contribution in [0.3, 0.4) is 0 Å². The molecule has 0 aliphatic heterocycles. The zero-order valence-corrected chi connectivity index (χ0v) is 9.70. The predicted molar refractivity (Wildman–Crippen MR) is 64.8 cm³/mol. The van der Waals surface area contributed by atoms with Crippen LogP contribution in [0.5, 0.6) is 0 Å². The smallest absolute Gasteiger partial charge is 0.370 e. The van der Waals surface area contributed by atoms with E-state index in [1.54, 1.807) is 25.2 Å². The van der Waals surface area contributed by atoms with Crippen LogP contribution in [0.1, 0.15) is 13.8 Å². The van der Waals surface area contributed by atoms with Crippen LogP contribution in [0.15, 0.2) is 48.3 Å². The fourth-order valence-electron chi connectivity index (χ4n) is 0.508. The summed E-state index contributed by atoms with van der Waals surface area (Å²) in [5.74, 6) is -2.87. The summed E-state index contributed by atoms with van der Waals surface area (Å²) in [6.07, 6.45) is 10.2. The first-order valence-corrected chi connectivity index (χ1v) is 4.73. The van der Waals surface area contributed by atoms with Gasteiger partial charge in [-0.05, 0) is 19.9 Å². The highest BCUT2D eigenvalue weighted by atomic mass is 16.4. The summed E-state index contributed by atoms with van der Waals surface area (Å²) in [5, 5.41) is 24.5. The van der Waals surface area contributed by atoms with E-state index in [1.807, 2.05) is 6.92 Å². The van der Waals surface area contributed by atoms with Gasteiger partial charge in [0, 0.05) is 6.08 Å². The van der Waals surface area contributed by atoms with Gasteiger partial charge in [0.25, 0.3) is 0 Å². The molecule has 5 nitrogen and oxygen atoms in total. The maximum atomic E-state index is 9.85. The molecule has 0 bridgehead atoms. The predicted octanol–water partition coefficient (Wildman–Crippen LogP) is 2.29. The SMILES string of the molecule is C/C=C/C=C(\O)C(=O)O.CC=CC=CC(=O)O. The number of hydrogen-bond donors (Lipinski definition) is 3. The van der Waals surface area contributed by atoms with Crippen molar-refractivity contribution in [2.24, 2.45) is 0 Å². The summed E-state index contributed by atoms with van der Waals surface area (Å²) in [6.45, 7) is 3.55. The lowest BCUT2D eigenvalue weighted by atomic mass is 10.4. The highest BCUT2D eigenvalue weighted by Crippen LogP contribution is 1.87. The van der Waals surface area contributed by atoms with E-state index in [2.05, 4.69) is 0 Å². The van der Waals surface area contributed by atoms with E-state index >= 15 is 0 Å². The fraction of sp³-hybridized carbons (Fsp3) is 0.167. The van der Waals surface area contributed by atoms with Gasteiger partial charge in [-0.25, -0.2) is 9.59 Å². The van der Waals surface area contributed by atoms with E-state index < -0.39 is 17.7 Å². The fourth-order valence-corrected chi connectivity index (χ4v) is 0.508. The third kappa shape index (κ3) is 16.4. The molecule has 3 N–H and O–H groups in total. The summed E-state index contributed by atoms with van der Waals surface area (Å²) in [6, 6.07) is 0. The number of rotatable bonds is 4. The Balaban J connectivity index is 0. The molecule has 0 saturated carbocycles. The van der Waals surface area contributed by atoms with Gasteiger partial charge in [-0.1, -0.05) is 30.4 Å². The normalized spacial score (nSPS) is 11.8. The van der Waals surface area contributed by atoms with Crippen molar-refractivity contribution in [2.75, 3.05) is 0 Å². The Labute approximate surface area is 99.7 Å². The van der Waals surface area contributed by atoms with E-state index in [0.717, 1.165) is 12.2 Å². The second-order valence-corrected chi connectivity index (χ2v) is 2.61. The third-order valence-electron chi connectivity index (χ3n) is 1.21. The molecule has 0 aromatic rings. The van der Waals surface area contributed by atoms with Gasteiger partial charge < -0.3 is 15.3 Å². The van der Waals surface area contributed by atoms with Gasteiger partial charge in [-0.15, -0.1) is 0 Å². The lowest BCUT2D eigenvalue weighted by Gasteiger charge is -1.85. The second kappa shape index (κ2) is 11.8. The second-order valence-electron chi connectivity index (χ2n) is 2.61. The first kappa shape index (κ1) is 17.1. The molecule has 0 aromatic heterocycles. The molecule has 0 amide bonds. The Morgan fingerprint density at radius 2 is 1.41 bits per heavy atom. The standard InChI is InChI=1S/C6H8O3.C6H8O2/c1-2-3-4-5(7)6(8)9;1-2-3-4-5-6(7)8/h2-4,7H,1H3,(H,8,9);2-5H,1H3,(H,7,8)/b3-2+,5-4-;. The van der Waals surface area contributed by atoms with Crippen LogP contribution in [0.2, 0.25) is 0 Å². The molecule has 17 heavy (non-hydrogen) atoms. The number of hydrogen-bond acceptors (Lipinski definition) is 3. The minimum atomic E-state index is -1.31. The van der Waals surface area contributed by atoms with Gasteiger partial charge in [-0.3, -0.25) is 0 Å². The van der Waals surface area contributed by atoms with Crippen molar-refractivity contribution in [2.45, 2.75) is 13.8 Å². The Morgan fingerprint density at radius 3 is 1.76 bits per heavy atom. The van der Waals surface area contributed by atoms with E-state index in [9.17, 15) is 9.59 Å². The molecule has 94 valence electrons. The van der Waals surface area contributed by atoms with Crippen LogP contribution in [-0.2, 0) is 9.59 Å². The van der Waals surface area contributed by atoms with Crippen molar-refractivity contribution < 1.29 is 24.9 Å². The van der Waals surface area contributed by atoms with E-state index in [-0.39, 0.29) is 0 Å². The van der Waals surface area contributed by atoms with Crippen molar-refractivity contribution in [3.8, 4) is 0 Å². The zero-order valence-electron chi connectivity index (χ0n) is 9.70. The molecule has 0 radical (unpaired) electrons. The summed E-state index contributed by atoms with van der Waals surface area (Å²) in [5.41, 5.74) is 0. The summed E-state index contributed by atoms with van der Waals surface area (Å²) < 4.78 is 0. The zero-order chi connectivity index (χ0) is 13.7. The topological polar surface area (TPSA) is 94.8 Å². The number of carbonyl (C=O) groups is 2. The van der Waals surface area contributed by atoms with E-state index in [1.165, 1.54) is 12.2 Å². The minimum Gasteiger partial charge on any atom is -0.502 e. The molecular formula is C12H16O5. The molecule has 0 spiro atoms. The molecular weight excluding hydrogens is 224 g/mol. The maximum absolute atomic E-state index is 9.85. The van der Waals surface area contributed by atoms with Crippen LogP contribution < -0.4 is 0 Å². The van der Waals surface area contributed by atoms with Crippen LogP contribution in [0, 0.1) is 0 Å². The van der Waals surface area contributed by atoms with Gasteiger partial charge in [0.1, 0.15) is 0 Å². The van der Waals surface area contributed by atoms with Crippen molar-refractivity contribution in [3.05, 3.63) is 48.3 Å². The number of allylic oxidation sites excluding steroid dienone is 6. The first-order chi connectivity index (χ1) is 7.95. The van der Waals surface area contributed by atoms with Crippen LogP contribution in [0.25, 0.3) is 0 Å². The first-order valence-electron chi connectivity index (χ1n) is 4.73. The van der Waals surface area contributed by atoms with Crippen molar-refractivity contribution in [3.63, 3.8) is 0 Å². The Hall–Kier alpha value is -2.30. The summed E-state index contributed by atoms with van der Waals surface area (Å²) in [7, 11) is 0. The molecule has 0 heterocycles. The average Bonchev–Trinajstić information content (AvgIpc) is 2.26. The highest BCUT2D eigenvalue weighted by Gasteiger charge is 1.98. The largest absolute Gasteiger partial charge is 0.502 e. The number of aliphatic hydroxyl groups excluding tert-OH is 1. The van der Waals surface area contributed by atoms with Gasteiger partial charge in [0.05, 0.1) is 0 Å². The van der Waals surface area contributed by atoms with Crippen LogP contribution in [-0.4, -0.2) is 27.3 Å². The number of carboxylic acid groups (broad SMARTS) is 2. The summed E-state index contributed by atoms with van der Waals surface area (Å²) >= 11 is 0. The highest BCUT2D eigenvalue weighted by molar-refractivity contribution is 5.83. The van der Waals surface area contributed by atoms with Crippen molar-refractivity contribution in [1.29, 1.82) is 0 Å². The maximum Gasteiger partial charge on any atom is 0.370 e. The third-order valence-corrected chi connectivity index (χ3v) is 1.21. The van der Waals surface area contributed by atoms with Crippen molar-refractivity contribution >= 4 is 11.9 Å². The molecule has 0 saturated heterocycles. The lowest BCUT2D eigenvalue weighted by molar-refractivity contribution is -0.135. The molecule has 0 aliphatic carbocycles. The number of carboxylic acids is 2. The lowest BCUT2D eigenvalue weighted by Crippen LogP contribution is -1.97. The van der Waals surface area contributed by atoms with Crippen LogP contribution >= 0.6 is 0 Å². The quantitative estimate of drug-likeness (QED) is 0.398. The molecule has 0 aliphatic rings. The average molecular weight is 240 g/mol. The number of aliphatic hydroxyl groups is 1. The Kier molecular flexibility index (Phi) is 11.8. The van der Waals surface area contributed by atoms with Gasteiger partial charge >= 0.3 is 11.9 Å². The Bertz CT molecular complexity index is 348. The molecule has 0 unspecified atom stereocenters. The van der Waals surface area contributed by atoms with Gasteiger partial charge in [0.2, 0.25) is 5.76 Å². The molecule has 0 atom stereocenters. The van der Waals surface area contributed by atoms with Crippen molar-refractivity contribution in [1.82, 2.24) is 0 Å². The number of aliphatic carboxylic acids is 2. The molecule has 0 rings (SSSR count). The Morgan fingerprint density at radius 1 is 0.882 bits per heavy atom. The van der Waals surface area contributed by atoms with E-state index in [0.29, 0.717) is 0 Å². The van der Waals surface area contributed by atoms with Crippen LogP contribution in [0.4, 0.5) is 0 Å². The van der Waals surface area contributed by atoms with Gasteiger partial charge in [0.15, 0.2) is 0 Å². The monoisotopic (exact) mass is 240 g/mol. The van der Waals surface area contributed by atoms with Gasteiger partial charge in [-0.2, -0.15) is 0 Å². The minimum absolute atomic E-state index is 0.645. The molecule has 5 heteroatoms. The van der Waals surface area contributed by atoms with E-state index in [4.69, 9.17) is 15.3 Å². The molecule has 0 aromatic carbocycles. The summed E-state index contributed by atoms with van der Waals surface area (Å²) in [4.78, 5) is 19.6. The molecule has 0 fully saturated rings.